The van der Waals surface area contributed by atoms with E-state index in [2.05, 4.69) is 33.9 Å². The average Bonchev–Trinajstić information content (AvgIpc) is 3.43. The molecule has 1 unspecified atom stereocenters. The van der Waals surface area contributed by atoms with Gasteiger partial charge in [0.05, 0.1) is 18.7 Å². The number of thiophene rings is 1. The summed E-state index contributed by atoms with van der Waals surface area (Å²) in [5.74, 6) is 1.07. The Morgan fingerprint density at radius 2 is 1.93 bits per heavy atom. The number of nitrogens with zero attached hydrogens (tertiary/aromatic N) is 4. The molecule has 2 atom stereocenters. The second kappa shape index (κ2) is 12.8. The third kappa shape index (κ3) is 7.30. The van der Waals surface area contributed by atoms with Gasteiger partial charge in [-0.15, -0.1) is 21.5 Å². The van der Waals surface area contributed by atoms with E-state index in [0.29, 0.717) is 35.2 Å². The summed E-state index contributed by atoms with van der Waals surface area (Å²) < 4.78 is 17.4. The summed E-state index contributed by atoms with van der Waals surface area (Å²) in [6, 6.07) is 13.7. The monoisotopic (exact) mass is 642 g/mol. The van der Waals surface area contributed by atoms with Crippen LogP contribution in [-0.4, -0.2) is 48.8 Å². The molecule has 0 saturated heterocycles. The Kier molecular flexibility index (Phi) is 9.29. The molecule has 1 amide bonds. The third-order valence-electron chi connectivity index (χ3n) is 7.21. The highest BCUT2D eigenvalue weighted by atomic mass is 35.5. The molecule has 2 aromatic carbocycles. The van der Waals surface area contributed by atoms with E-state index in [-0.39, 0.29) is 18.9 Å². The first-order valence-corrected chi connectivity index (χ1v) is 16.3. The quantitative estimate of drug-likeness (QED) is 0.171. The summed E-state index contributed by atoms with van der Waals surface area (Å²) in [5.41, 5.74) is 11.2. The lowest BCUT2D eigenvalue weighted by Gasteiger charge is -2.14. The normalized spacial score (nSPS) is 15.3. The first-order valence-electron chi connectivity index (χ1n) is 13.6. The highest BCUT2D eigenvalue weighted by Gasteiger charge is 2.32. The average molecular weight is 643 g/mol. The first kappa shape index (κ1) is 31.2. The van der Waals surface area contributed by atoms with Gasteiger partial charge in [-0.3, -0.25) is 18.9 Å². The number of phosphoric acid groups is 1. The highest BCUT2D eigenvalue weighted by Crippen LogP contribution is 2.40. The maximum Gasteiger partial charge on any atom is 0.469 e. The van der Waals surface area contributed by atoms with Crippen LogP contribution in [0.4, 0.5) is 5.69 Å². The molecule has 14 heteroatoms. The van der Waals surface area contributed by atoms with Gasteiger partial charge in [-0.05, 0) is 69.0 Å². The topological polar surface area (TPSA) is 165 Å². The number of aryl methyl sites for hydroxylation is 3. The summed E-state index contributed by atoms with van der Waals surface area (Å²) in [5, 5.41) is 13.4. The molecule has 1 aliphatic heterocycles. The molecule has 0 radical (unpaired) electrons. The van der Waals surface area contributed by atoms with Gasteiger partial charge in [0.1, 0.15) is 16.9 Å². The van der Waals surface area contributed by atoms with Crippen molar-refractivity contribution in [3.05, 3.63) is 92.3 Å². The van der Waals surface area contributed by atoms with Crippen molar-refractivity contribution in [3.63, 3.8) is 0 Å². The zero-order valence-corrected chi connectivity index (χ0v) is 26.3. The van der Waals surface area contributed by atoms with E-state index in [1.807, 2.05) is 54.0 Å². The van der Waals surface area contributed by atoms with E-state index in [0.717, 1.165) is 37.8 Å². The minimum Gasteiger partial charge on any atom is -0.326 e. The van der Waals surface area contributed by atoms with Crippen molar-refractivity contribution in [3.8, 4) is 5.00 Å². The molecule has 11 nitrogen and oxygen atoms in total. The molecule has 0 saturated carbocycles. The Hall–Kier alpha value is -3.22. The van der Waals surface area contributed by atoms with E-state index in [1.165, 1.54) is 0 Å². The summed E-state index contributed by atoms with van der Waals surface area (Å²) in [6.45, 7) is 5.80. The van der Waals surface area contributed by atoms with E-state index in [1.54, 1.807) is 17.4 Å². The fourth-order valence-corrected chi connectivity index (χ4v) is 6.68. The third-order valence-corrected chi connectivity index (χ3v) is 9.14. The molecule has 0 fully saturated rings. The fraction of sp³-hybridized carbons (Fsp3) is 0.310. The second-order valence-electron chi connectivity index (χ2n) is 10.4. The van der Waals surface area contributed by atoms with Gasteiger partial charge in [0, 0.05) is 32.8 Å². The van der Waals surface area contributed by atoms with Crippen molar-refractivity contribution in [2.45, 2.75) is 52.1 Å². The van der Waals surface area contributed by atoms with Crippen LogP contribution in [0.2, 0.25) is 5.02 Å². The van der Waals surface area contributed by atoms with Crippen LogP contribution in [0.5, 0.6) is 0 Å². The molecule has 3 heterocycles. The molecule has 2 aromatic heterocycles. The predicted octanol–water partition coefficient (Wildman–Crippen LogP) is 5.20. The minimum absolute atomic E-state index is 0.0387. The summed E-state index contributed by atoms with van der Waals surface area (Å²) in [7, 11) is -4.57. The second-order valence-corrected chi connectivity index (χ2v) is 13.3. The lowest BCUT2D eigenvalue weighted by Crippen LogP contribution is -2.26. The predicted molar refractivity (Wildman–Crippen MR) is 167 cm³/mol. The highest BCUT2D eigenvalue weighted by molar-refractivity contribution is 7.46. The Morgan fingerprint density at radius 1 is 1.19 bits per heavy atom. The van der Waals surface area contributed by atoms with Gasteiger partial charge in [-0.2, -0.15) is 0 Å². The van der Waals surface area contributed by atoms with Crippen LogP contribution in [0, 0.1) is 20.8 Å². The number of hydrogen-bond donors (Lipinski definition) is 4. The molecule has 5 N–H and O–H groups in total. The van der Waals surface area contributed by atoms with Gasteiger partial charge in [0.2, 0.25) is 5.91 Å². The van der Waals surface area contributed by atoms with E-state index >= 15 is 0 Å². The number of rotatable bonds is 10. The molecule has 5 rings (SSSR count). The Bertz CT molecular complexity index is 1730. The van der Waals surface area contributed by atoms with Gasteiger partial charge in [-0.1, -0.05) is 35.9 Å². The smallest absolute Gasteiger partial charge is 0.326 e. The number of aromatic nitrogens is 3. The SMILES string of the molecule is Cc1sc2c(c1C)C(c1ccc(Cl)cc1)=N[C@@H](CC(=O)Nc1cccc(CCC(N)COP(=O)(O)O)c1)c1nnc(C)n1-2. The number of carbonyl (C=O) groups is 1. The Labute approximate surface area is 258 Å². The van der Waals surface area contributed by atoms with E-state index in [4.69, 9.17) is 32.1 Å². The van der Waals surface area contributed by atoms with E-state index in [9.17, 15) is 9.36 Å². The zero-order valence-electron chi connectivity index (χ0n) is 23.8. The molecule has 0 spiro atoms. The van der Waals surface area contributed by atoms with Crippen molar-refractivity contribution >= 4 is 48.1 Å². The standard InChI is InChI=1S/C29H32ClN6O5PS/c1-16-17(2)43-29-26(16)27(20-8-10-21(30)11-9-20)33-24(28-35-34-18(3)36(28)29)14-25(37)32-23-6-4-5-19(13-23)7-12-22(31)15-41-42(38,39)40/h4-6,8-11,13,22,24H,7,12,14-15,31H2,1-3H3,(H,32,37)(H2,38,39,40)/t22?,24-/m0/s1. The Balaban J connectivity index is 1.38. The summed E-state index contributed by atoms with van der Waals surface area (Å²) in [4.78, 5) is 37.5. The van der Waals surface area contributed by atoms with Gasteiger partial charge in [-0.25, -0.2) is 4.57 Å². The molecule has 43 heavy (non-hydrogen) atoms. The lowest BCUT2D eigenvalue weighted by molar-refractivity contribution is -0.116. The molecule has 0 aliphatic carbocycles. The molecular formula is C29H32ClN6O5PS. The Morgan fingerprint density at radius 3 is 2.65 bits per heavy atom. The van der Waals surface area contributed by atoms with Gasteiger partial charge in [0.25, 0.3) is 0 Å². The molecular weight excluding hydrogens is 611 g/mol. The number of nitrogens with one attached hydrogen (secondary N) is 1. The van der Waals surface area contributed by atoms with E-state index < -0.39 is 19.9 Å². The van der Waals surface area contributed by atoms with Crippen molar-refractivity contribution in [1.29, 1.82) is 0 Å². The van der Waals surface area contributed by atoms with Gasteiger partial charge >= 0.3 is 7.82 Å². The number of fused-ring (bicyclic) bond motifs is 3. The van der Waals surface area contributed by atoms with Crippen molar-refractivity contribution in [2.24, 2.45) is 10.7 Å². The largest absolute Gasteiger partial charge is 0.469 e. The van der Waals surface area contributed by atoms with Crippen LogP contribution < -0.4 is 11.1 Å². The van der Waals surface area contributed by atoms with Crippen LogP contribution in [0.3, 0.4) is 0 Å². The van der Waals surface area contributed by atoms with Crippen LogP contribution in [-0.2, 0) is 20.3 Å². The first-order chi connectivity index (χ1) is 20.4. The maximum absolute atomic E-state index is 13.4. The molecule has 0 bridgehead atoms. The zero-order chi connectivity index (χ0) is 30.9. The number of anilines is 1. The number of halogens is 1. The van der Waals surface area contributed by atoms with Gasteiger partial charge in [0.15, 0.2) is 5.82 Å². The number of benzene rings is 2. The van der Waals surface area contributed by atoms with Crippen LogP contribution in [0.25, 0.3) is 5.00 Å². The number of amides is 1. The lowest BCUT2D eigenvalue weighted by atomic mass is 9.99. The maximum atomic E-state index is 13.4. The van der Waals surface area contributed by atoms with Crippen molar-refractivity contribution in [2.75, 3.05) is 11.9 Å². The summed E-state index contributed by atoms with van der Waals surface area (Å²) in [6.07, 6.45) is 1.02. The fourth-order valence-electron chi connectivity index (χ4n) is 4.95. The molecule has 226 valence electrons. The number of hydrogen-bond acceptors (Lipinski definition) is 8. The summed E-state index contributed by atoms with van der Waals surface area (Å²) >= 11 is 7.84. The number of aliphatic imine (C=N–C) groups is 1. The van der Waals surface area contributed by atoms with Crippen LogP contribution >= 0.6 is 30.8 Å². The van der Waals surface area contributed by atoms with Crippen molar-refractivity contribution in [1.82, 2.24) is 14.8 Å². The van der Waals surface area contributed by atoms with Crippen LogP contribution in [0.15, 0.2) is 53.5 Å². The minimum atomic E-state index is -4.57. The van der Waals surface area contributed by atoms with Gasteiger partial charge < -0.3 is 20.8 Å². The number of carbonyl (C=O) groups excluding carboxylic acids is 1. The van der Waals surface area contributed by atoms with Crippen LogP contribution in [0.1, 0.15) is 57.7 Å². The molecule has 1 aliphatic rings. The number of nitrogens with two attached hydrogens (primary N) is 1. The van der Waals surface area contributed by atoms with Crippen molar-refractivity contribution < 1.29 is 23.7 Å². The molecule has 4 aromatic rings. The number of phosphoric ester groups is 1.